The molecule has 0 atom stereocenters. The molecule has 0 unspecified atom stereocenters. The lowest BCUT2D eigenvalue weighted by Crippen LogP contribution is -2.25. The van der Waals surface area contributed by atoms with Gasteiger partial charge in [0.2, 0.25) is 0 Å². The van der Waals surface area contributed by atoms with Gasteiger partial charge >= 0.3 is 12.1 Å². The van der Waals surface area contributed by atoms with Crippen molar-refractivity contribution in [3.63, 3.8) is 0 Å². The van der Waals surface area contributed by atoms with E-state index >= 15 is 0 Å². The first-order valence-corrected chi connectivity index (χ1v) is 6.46. The van der Waals surface area contributed by atoms with E-state index in [0.29, 0.717) is 5.69 Å². The minimum atomic E-state index is -4.38. The number of thioether (sulfide) groups is 1. The number of halogens is 3. The van der Waals surface area contributed by atoms with Crippen LogP contribution in [0.4, 0.5) is 13.2 Å². The van der Waals surface area contributed by atoms with Crippen molar-refractivity contribution in [2.45, 2.75) is 44.1 Å². The van der Waals surface area contributed by atoms with Gasteiger partial charge in [-0.25, -0.2) is 4.98 Å². The van der Waals surface area contributed by atoms with Gasteiger partial charge in [-0.1, -0.05) is 32.5 Å². The Morgan fingerprint density at radius 3 is 2.42 bits per heavy atom. The Morgan fingerprint density at radius 1 is 1.42 bits per heavy atom. The van der Waals surface area contributed by atoms with Gasteiger partial charge in [-0.2, -0.15) is 13.2 Å². The summed E-state index contributed by atoms with van der Waals surface area (Å²) in [4.78, 5) is 14.4. The molecular weight excluding hydrogens is 281 g/mol. The second-order valence-electron chi connectivity index (χ2n) is 5.06. The van der Waals surface area contributed by atoms with Crippen molar-refractivity contribution >= 4 is 17.7 Å². The van der Waals surface area contributed by atoms with Crippen LogP contribution in [-0.4, -0.2) is 32.6 Å². The number of aliphatic carboxylic acids is 1. The summed E-state index contributed by atoms with van der Waals surface area (Å²) in [6.07, 6.45) is -3.00. The highest BCUT2D eigenvalue weighted by Gasteiger charge is 2.32. The van der Waals surface area contributed by atoms with Gasteiger partial charge in [0.25, 0.3) is 0 Å². The molecule has 0 saturated carbocycles. The van der Waals surface area contributed by atoms with E-state index in [1.54, 1.807) is 20.8 Å². The zero-order chi connectivity index (χ0) is 14.8. The van der Waals surface area contributed by atoms with Crippen molar-refractivity contribution in [3.8, 4) is 0 Å². The van der Waals surface area contributed by atoms with E-state index in [9.17, 15) is 18.0 Å². The molecule has 8 heteroatoms. The summed E-state index contributed by atoms with van der Waals surface area (Å²) in [5, 5.41) is 8.66. The Balaban J connectivity index is 3.11. The molecule has 1 N–H and O–H groups in total. The lowest BCUT2D eigenvalue weighted by atomic mass is 9.92. The minimum absolute atomic E-state index is 0.0738. The molecule has 0 saturated heterocycles. The van der Waals surface area contributed by atoms with E-state index < -0.39 is 24.1 Å². The molecule has 19 heavy (non-hydrogen) atoms. The monoisotopic (exact) mass is 296 g/mol. The van der Waals surface area contributed by atoms with E-state index in [4.69, 9.17) is 5.11 Å². The van der Waals surface area contributed by atoms with Gasteiger partial charge in [0.05, 0.1) is 5.75 Å². The summed E-state index contributed by atoms with van der Waals surface area (Å²) in [5.74, 6) is -1.41. The van der Waals surface area contributed by atoms with Crippen LogP contribution in [0.5, 0.6) is 0 Å². The Bertz CT molecular complexity index is 463. The number of carboxylic acids is 1. The third-order valence-corrected chi connectivity index (χ3v) is 3.22. The van der Waals surface area contributed by atoms with Crippen LogP contribution >= 0.6 is 11.8 Å². The molecule has 1 rings (SSSR count). The quantitative estimate of drug-likeness (QED) is 0.868. The summed E-state index contributed by atoms with van der Waals surface area (Å²) in [7, 11) is 0. The van der Waals surface area contributed by atoms with Crippen LogP contribution in [0.1, 0.15) is 26.5 Å². The molecule has 0 spiro atoms. The van der Waals surface area contributed by atoms with Crippen LogP contribution in [0, 0.1) is 0 Å². The van der Waals surface area contributed by atoms with Gasteiger partial charge in [-0.15, -0.1) is 0 Å². The average molecular weight is 296 g/mol. The van der Waals surface area contributed by atoms with Crippen molar-refractivity contribution in [3.05, 3.63) is 11.9 Å². The smallest absolute Gasteiger partial charge is 0.406 e. The Morgan fingerprint density at radius 2 is 2.00 bits per heavy atom. The van der Waals surface area contributed by atoms with Gasteiger partial charge in [0.15, 0.2) is 5.16 Å². The topological polar surface area (TPSA) is 55.1 Å². The van der Waals surface area contributed by atoms with Crippen molar-refractivity contribution in [2.24, 2.45) is 0 Å². The van der Waals surface area contributed by atoms with Crippen molar-refractivity contribution in [1.29, 1.82) is 0 Å². The number of nitrogens with zero attached hydrogens (tertiary/aromatic N) is 2. The van der Waals surface area contributed by atoms with Gasteiger partial charge in [-0.3, -0.25) is 4.79 Å². The summed E-state index contributed by atoms with van der Waals surface area (Å²) < 4.78 is 38.8. The number of hydrogen-bond acceptors (Lipinski definition) is 3. The van der Waals surface area contributed by atoms with Gasteiger partial charge in [0, 0.05) is 17.3 Å². The molecule has 108 valence electrons. The van der Waals surface area contributed by atoms with Crippen LogP contribution < -0.4 is 0 Å². The van der Waals surface area contributed by atoms with Crippen LogP contribution in [0.3, 0.4) is 0 Å². The predicted molar refractivity (Wildman–Crippen MR) is 65.3 cm³/mol. The second kappa shape index (κ2) is 5.44. The standard InChI is InChI=1S/C11H15F3N2O2S/c1-10(2,3)7-4-15-9(19-5-8(17)18)16(7)6-11(12,13)14/h4H,5-6H2,1-3H3,(H,17,18). The molecule has 0 bridgehead atoms. The first-order valence-electron chi connectivity index (χ1n) is 5.48. The largest absolute Gasteiger partial charge is 0.481 e. The number of aromatic nitrogens is 2. The molecule has 1 aromatic heterocycles. The zero-order valence-corrected chi connectivity index (χ0v) is 11.6. The number of carboxylic acid groups (broad SMARTS) is 1. The lowest BCUT2D eigenvalue weighted by molar-refractivity contribution is -0.142. The van der Waals surface area contributed by atoms with E-state index in [0.717, 1.165) is 16.3 Å². The first-order chi connectivity index (χ1) is 8.50. The number of imidazole rings is 1. The Hall–Kier alpha value is -1.18. The van der Waals surface area contributed by atoms with Crippen molar-refractivity contribution in [1.82, 2.24) is 9.55 Å². The fraction of sp³-hybridized carbons (Fsp3) is 0.636. The predicted octanol–water partition coefficient (Wildman–Crippen LogP) is 2.92. The highest BCUT2D eigenvalue weighted by Crippen LogP contribution is 2.30. The molecule has 1 heterocycles. The zero-order valence-electron chi connectivity index (χ0n) is 10.8. The van der Waals surface area contributed by atoms with Gasteiger partial charge in [0.1, 0.15) is 6.54 Å². The van der Waals surface area contributed by atoms with Crippen LogP contribution in [0.25, 0.3) is 0 Å². The van der Waals surface area contributed by atoms with Crippen LogP contribution in [0.15, 0.2) is 11.4 Å². The van der Waals surface area contributed by atoms with Crippen LogP contribution in [-0.2, 0) is 16.8 Å². The maximum Gasteiger partial charge on any atom is 0.406 e. The number of carbonyl (C=O) groups is 1. The van der Waals surface area contributed by atoms with Crippen LogP contribution in [0.2, 0.25) is 0 Å². The molecule has 0 aliphatic rings. The van der Waals surface area contributed by atoms with Crippen molar-refractivity contribution in [2.75, 3.05) is 5.75 Å². The van der Waals surface area contributed by atoms with Gasteiger partial charge in [-0.05, 0) is 0 Å². The fourth-order valence-corrected chi connectivity index (χ4v) is 2.23. The fourth-order valence-electron chi connectivity index (χ4n) is 1.53. The Labute approximate surface area is 113 Å². The number of rotatable bonds is 4. The summed E-state index contributed by atoms with van der Waals surface area (Å²) in [5.41, 5.74) is -0.0713. The molecule has 0 fully saturated rings. The highest BCUT2D eigenvalue weighted by molar-refractivity contribution is 7.99. The maximum atomic E-state index is 12.6. The summed E-state index contributed by atoms with van der Waals surface area (Å²) in [6, 6.07) is 0. The molecule has 1 aromatic rings. The van der Waals surface area contributed by atoms with E-state index in [-0.39, 0.29) is 10.9 Å². The Kier molecular flexibility index (Phi) is 4.54. The van der Waals surface area contributed by atoms with E-state index in [1.165, 1.54) is 6.20 Å². The molecule has 4 nitrogen and oxygen atoms in total. The second-order valence-corrected chi connectivity index (χ2v) is 6.00. The minimum Gasteiger partial charge on any atom is -0.481 e. The molecule has 0 aliphatic heterocycles. The normalized spacial score (nSPS) is 12.7. The summed E-state index contributed by atoms with van der Waals surface area (Å²) >= 11 is 0.785. The molecular formula is C11H15F3N2O2S. The first kappa shape index (κ1) is 15.9. The number of hydrogen-bond donors (Lipinski definition) is 1. The van der Waals surface area contributed by atoms with E-state index in [2.05, 4.69) is 4.98 Å². The molecule has 0 radical (unpaired) electrons. The third-order valence-electron chi connectivity index (χ3n) is 2.25. The number of alkyl halides is 3. The highest BCUT2D eigenvalue weighted by atomic mass is 32.2. The summed E-state index contributed by atoms with van der Waals surface area (Å²) in [6.45, 7) is 4.18. The lowest BCUT2D eigenvalue weighted by Gasteiger charge is -2.22. The molecule has 0 aliphatic carbocycles. The molecule has 0 amide bonds. The van der Waals surface area contributed by atoms with Gasteiger partial charge < -0.3 is 9.67 Å². The van der Waals surface area contributed by atoms with E-state index in [1.807, 2.05) is 0 Å². The van der Waals surface area contributed by atoms with Crippen molar-refractivity contribution < 1.29 is 23.1 Å². The SMILES string of the molecule is CC(C)(C)c1cnc(SCC(=O)O)n1CC(F)(F)F. The molecule has 0 aromatic carbocycles. The average Bonchev–Trinajstić information content (AvgIpc) is 2.54. The third kappa shape index (κ3) is 4.77. The maximum absolute atomic E-state index is 12.6.